The van der Waals surface area contributed by atoms with E-state index >= 15 is 0 Å². The zero-order chi connectivity index (χ0) is 22.0. The fourth-order valence-electron chi connectivity index (χ4n) is 3.39. The predicted molar refractivity (Wildman–Crippen MR) is 119 cm³/mol. The van der Waals surface area contributed by atoms with Gasteiger partial charge in [0.25, 0.3) is 11.5 Å². The van der Waals surface area contributed by atoms with Crippen LogP contribution in [-0.2, 0) is 11.3 Å². The third-order valence-electron chi connectivity index (χ3n) is 5.00. The van der Waals surface area contributed by atoms with Crippen LogP contribution in [0.1, 0.15) is 23.6 Å². The van der Waals surface area contributed by atoms with Crippen LogP contribution in [0.15, 0.2) is 70.7 Å². The number of hydrogen-bond acceptors (Lipinski definition) is 5. The van der Waals surface area contributed by atoms with Gasteiger partial charge in [-0.15, -0.1) is 0 Å². The van der Waals surface area contributed by atoms with Gasteiger partial charge in [-0.3, -0.25) is 9.59 Å². The van der Waals surface area contributed by atoms with Crippen LogP contribution in [0.3, 0.4) is 0 Å². The van der Waals surface area contributed by atoms with Crippen LogP contribution in [0, 0.1) is 0 Å². The fraction of sp³-hybridized carbons (Fsp3) is 0.182. The summed E-state index contributed by atoms with van der Waals surface area (Å²) in [5.41, 5.74) is 1.98. The molecule has 0 aliphatic carbocycles. The Morgan fingerprint density at radius 2 is 1.84 bits per heavy atom. The summed E-state index contributed by atoms with van der Waals surface area (Å²) in [7, 11) is 1.60. The predicted octanol–water partition coefficient (Wildman–Crippen LogP) is 3.94. The molecule has 1 aliphatic heterocycles. The number of halogens is 2. The van der Waals surface area contributed by atoms with Crippen LogP contribution in [0.25, 0.3) is 0 Å². The molecule has 0 spiro atoms. The SMILES string of the molecule is COc1ccc([C@H]2CC(c3ccccc3)=NN2C(=O)Cn2ncc(Cl)c(Cl)c2=O)cc1. The molecule has 1 aliphatic rings. The number of ether oxygens (including phenoxy) is 1. The van der Waals surface area contributed by atoms with Crippen LogP contribution in [-0.4, -0.2) is 33.5 Å². The second kappa shape index (κ2) is 8.91. The summed E-state index contributed by atoms with van der Waals surface area (Å²) in [6, 6.07) is 16.8. The van der Waals surface area contributed by atoms with Crippen LogP contribution < -0.4 is 10.3 Å². The third-order valence-corrected chi connectivity index (χ3v) is 5.75. The summed E-state index contributed by atoms with van der Waals surface area (Å²) < 4.78 is 6.21. The number of rotatable bonds is 5. The van der Waals surface area contributed by atoms with Gasteiger partial charge in [0.2, 0.25) is 0 Å². The Morgan fingerprint density at radius 1 is 1.13 bits per heavy atom. The molecule has 0 unspecified atom stereocenters. The summed E-state index contributed by atoms with van der Waals surface area (Å²) in [4.78, 5) is 25.5. The smallest absolute Gasteiger partial charge is 0.287 e. The highest BCUT2D eigenvalue weighted by Gasteiger charge is 2.33. The Morgan fingerprint density at radius 3 is 2.52 bits per heavy atom. The molecule has 1 atom stereocenters. The molecular weight excluding hydrogens is 439 g/mol. The quantitative estimate of drug-likeness (QED) is 0.582. The lowest BCUT2D eigenvalue weighted by Gasteiger charge is -2.22. The summed E-state index contributed by atoms with van der Waals surface area (Å²) in [6.45, 7) is -0.312. The van der Waals surface area contributed by atoms with E-state index in [0.717, 1.165) is 27.3 Å². The van der Waals surface area contributed by atoms with Gasteiger partial charge in [0.05, 0.1) is 30.1 Å². The maximum absolute atomic E-state index is 13.2. The number of amides is 1. The van der Waals surface area contributed by atoms with Crippen molar-refractivity contribution in [1.29, 1.82) is 0 Å². The highest BCUT2D eigenvalue weighted by Crippen LogP contribution is 2.33. The molecule has 0 fully saturated rings. The van der Waals surface area contributed by atoms with Gasteiger partial charge < -0.3 is 4.74 Å². The highest BCUT2D eigenvalue weighted by atomic mass is 35.5. The van der Waals surface area contributed by atoms with Gasteiger partial charge in [-0.25, -0.2) is 9.69 Å². The van der Waals surface area contributed by atoms with E-state index in [2.05, 4.69) is 10.2 Å². The molecule has 2 heterocycles. The Labute approximate surface area is 188 Å². The van der Waals surface area contributed by atoms with Crippen LogP contribution in [0.5, 0.6) is 5.75 Å². The van der Waals surface area contributed by atoms with E-state index in [1.54, 1.807) is 7.11 Å². The maximum atomic E-state index is 13.2. The zero-order valence-electron chi connectivity index (χ0n) is 16.5. The van der Waals surface area contributed by atoms with Gasteiger partial charge in [0.15, 0.2) is 0 Å². The maximum Gasteiger partial charge on any atom is 0.287 e. The first-order valence-corrected chi connectivity index (χ1v) is 10.2. The molecule has 0 saturated heterocycles. The Kier molecular flexibility index (Phi) is 6.06. The van der Waals surface area contributed by atoms with Crippen molar-refractivity contribution in [3.05, 3.63) is 92.3 Å². The van der Waals surface area contributed by atoms with Crippen molar-refractivity contribution in [2.45, 2.75) is 19.0 Å². The highest BCUT2D eigenvalue weighted by molar-refractivity contribution is 6.41. The number of carbonyl (C=O) groups excluding carboxylic acids is 1. The minimum atomic E-state index is -0.630. The Bertz CT molecular complexity index is 1190. The van der Waals surface area contributed by atoms with Gasteiger partial charge in [-0.1, -0.05) is 65.7 Å². The van der Waals surface area contributed by atoms with Crippen molar-refractivity contribution in [2.75, 3.05) is 7.11 Å². The number of carbonyl (C=O) groups is 1. The Hall–Kier alpha value is -3.16. The molecule has 0 bridgehead atoms. The lowest BCUT2D eigenvalue weighted by Crippen LogP contribution is -2.35. The fourth-order valence-corrected chi connectivity index (χ4v) is 3.66. The molecule has 0 radical (unpaired) electrons. The molecule has 4 rings (SSSR count). The van der Waals surface area contributed by atoms with Crippen molar-refractivity contribution >= 4 is 34.8 Å². The molecule has 1 aromatic heterocycles. The van der Waals surface area contributed by atoms with E-state index in [9.17, 15) is 9.59 Å². The van der Waals surface area contributed by atoms with Gasteiger partial charge in [0.1, 0.15) is 17.3 Å². The van der Waals surface area contributed by atoms with E-state index in [-0.39, 0.29) is 28.5 Å². The number of aromatic nitrogens is 2. The van der Waals surface area contributed by atoms with E-state index in [4.69, 9.17) is 27.9 Å². The molecular formula is C22H18Cl2N4O3. The largest absolute Gasteiger partial charge is 0.497 e. The van der Waals surface area contributed by atoms with Crippen LogP contribution >= 0.6 is 23.2 Å². The van der Waals surface area contributed by atoms with Crippen molar-refractivity contribution in [1.82, 2.24) is 14.8 Å². The molecule has 1 amide bonds. The second-order valence-corrected chi connectivity index (χ2v) is 7.70. The number of benzene rings is 2. The lowest BCUT2D eigenvalue weighted by atomic mass is 9.98. The first-order chi connectivity index (χ1) is 15.0. The minimum Gasteiger partial charge on any atom is -0.497 e. The number of hydrazone groups is 1. The zero-order valence-corrected chi connectivity index (χ0v) is 18.0. The summed E-state index contributed by atoms with van der Waals surface area (Å²) >= 11 is 11.7. The van der Waals surface area contributed by atoms with Crippen molar-refractivity contribution < 1.29 is 9.53 Å². The van der Waals surface area contributed by atoms with Crippen molar-refractivity contribution in [3.63, 3.8) is 0 Å². The van der Waals surface area contributed by atoms with Crippen LogP contribution in [0.4, 0.5) is 0 Å². The molecule has 158 valence electrons. The van der Waals surface area contributed by atoms with Crippen LogP contribution in [0.2, 0.25) is 10.0 Å². The first-order valence-electron chi connectivity index (χ1n) is 9.48. The van der Waals surface area contributed by atoms with Crippen molar-refractivity contribution in [2.24, 2.45) is 5.10 Å². The van der Waals surface area contributed by atoms with E-state index < -0.39 is 5.56 Å². The third kappa shape index (κ3) is 4.33. The topological polar surface area (TPSA) is 76.8 Å². The molecule has 9 heteroatoms. The Balaban J connectivity index is 1.67. The lowest BCUT2D eigenvalue weighted by molar-refractivity contribution is -0.133. The molecule has 31 heavy (non-hydrogen) atoms. The van der Waals surface area contributed by atoms with E-state index in [1.165, 1.54) is 11.2 Å². The average molecular weight is 457 g/mol. The normalized spacial score (nSPS) is 15.6. The van der Waals surface area contributed by atoms with E-state index in [0.29, 0.717) is 6.42 Å². The number of hydrogen-bond donors (Lipinski definition) is 0. The molecule has 3 aromatic rings. The summed E-state index contributed by atoms with van der Waals surface area (Å²) in [5.74, 6) is 0.329. The van der Waals surface area contributed by atoms with Gasteiger partial charge in [0, 0.05) is 6.42 Å². The van der Waals surface area contributed by atoms with Crippen molar-refractivity contribution in [3.8, 4) is 5.75 Å². The molecule has 7 nitrogen and oxygen atoms in total. The first kappa shape index (κ1) is 21.1. The summed E-state index contributed by atoms with van der Waals surface area (Å²) in [6.07, 6.45) is 1.77. The molecule has 2 aromatic carbocycles. The van der Waals surface area contributed by atoms with E-state index in [1.807, 2.05) is 54.6 Å². The monoisotopic (exact) mass is 456 g/mol. The number of nitrogens with zero attached hydrogens (tertiary/aromatic N) is 4. The van der Waals surface area contributed by atoms with Gasteiger partial charge >= 0.3 is 0 Å². The summed E-state index contributed by atoms with van der Waals surface area (Å²) in [5, 5.41) is 9.78. The molecule has 0 N–H and O–H groups in total. The number of methoxy groups -OCH3 is 1. The minimum absolute atomic E-state index is 0.0389. The molecule has 0 saturated carbocycles. The average Bonchev–Trinajstić information content (AvgIpc) is 3.26. The second-order valence-electron chi connectivity index (χ2n) is 6.91. The standard InChI is InChI=1S/C22H18Cl2N4O3/c1-31-16-9-7-15(8-10-16)19-11-18(14-5-3-2-4-6-14)26-28(19)20(29)13-27-22(30)21(24)17(23)12-25-27/h2-10,12,19H,11,13H2,1H3/t19-/m1/s1. The van der Waals surface area contributed by atoms with Gasteiger partial charge in [-0.2, -0.15) is 10.2 Å². The van der Waals surface area contributed by atoms with Gasteiger partial charge in [-0.05, 0) is 23.3 Å².